The molecule has 1 nitrogen and oxygen atoms in total. The van der Waals surface area contributed by atoms with Crippen molar-refractivity contribution < 1.29 is 0 Å². The second-order valence-corrected chi connectivity index (χ2v) is 6.89. The van der Waals surface area contributed by atoms with Crippen LogP contribution in [0.4, 0.5) is 0 Å². The molecule has 0 aliphatic carbocycles. The van der Waals surface area contributed by atoms with Crippen molar-refractivity contribution in [1.82, 2.24) is 0 Å². The second kappa shape index (κ2) is 10.1. The number of benzene rings is 3. The molecule has 29 heavy (non-hydrogen) atoms. The van der Waals surface area contributed by atoms with E-state index in [1.165, 1.54) is 11.1 Å². The lowest BCUT2D eigenvalue weighted by Gasteiger charge is -2.12. The topological polar surface area (TPSA) is 23.8 Å². The van der Waals surface area contributed by atoms with Crippen molar-refractivity contribution in [2.75, 3.05) is 0 Å². The predicted molar refractivity (Wildman–Crippen MR) is 124 cm³/mol. The van der Waals surface area contributed by atoms with Gasteiger partial charge in [0.2, 0.25) is 0 Å². The van der Waals surface area contributed by atoms with Gasteiger partial charge in [-0.25, -0.2) is 0 Å². The van der Waals surface area contributed by atoms with Gasteiger partial charge in [0.05, 0.1) is 11.6 Å². The third-order valence-corrected chi connectivity index (χ3v) is 4.87. The molecule has 142 valence electrons. The van der Waals surface area contributed by atoms with E-state index in [-0.39, 0.29) is 0 Å². The Hall–Kier alpha value is -3.63. The molecule has 0 radical (unpaired) electrons. The van der Waals surface area contributed by atoms with Gasteiger partial charge in [-0.05, 0) is 47.3 Å². The highest BCUT2D eigenvalue weighted by Gasteiger charge is 2.12. The standard InChI is InChI=1S/C28H25N/c1-3-24(25-15-9-5-10-16-25)19-22(2)28(26-17-11-6-12-18-26)27(21-29)20-23-13-7-4-8-14-23/h4-20H,3H2,1-2H3. The van der Waals surface area contributed by atoms with E-state index < -0.39 is 0 Å². The van der Waals surface area contributed by atoms with E-state index in [0.29, 0.717) is 5.57 Å². The lowest BCUT2D eigenvalue weighted by molar-refractivity contribution is 1.23. The molecular formula is C28H25N. The summed E-state index contributed by atoms with van der Waals surface area (Å²) >= 11 is 0. The molecule has 0 amide bonds. The lowest BCUT2D eigenvalue weighted by atomic mass is 9.90. The van der Waals surface area contributed by atoms with Crippen LogP contribution in [0, 0.1) is 11.3 Å². The van der Waals surface area contributed by atoms with Gasteiger partial charge in [-0.15, -0.1) is 0 Å². The Labute approximate surface area is 174 Å². The van der Waals surface area contributed by atoms with Crippen LogP contribution >= 0.6 is 0 Å². The van der Waals surface area contributed by atoms with Gasteiger partial charge in [0.1, 0.15) is 0 Å². The van der Waals surface area contributed by atoms with Crippen LogP contribution in [0.1, 0.15) is 37.0 Å². The first-order valence-corrected chi connectivity index (χ1v) is 9.92. The van der Waals surface area contributed by atoms with E-state index in [9.17, 15) is 5.26 Å². The maximum Gasteiger partial charge on any atom is 0.0998 e. The molecular weight excluding hydrogens is 350 g/mol. The van der Waals surface area contributed by atoms with Crippen molar-refractivity contribution in [3.63, 3.8) is 0 Å². The maximum atomic E-state index is 10.0. The van der Waals surface area contributed by atoms with Crippen molar-refractivity contribution in [2.24, 2.45) is 0 Å². The lowest BCUT2D eigenvalue weighted by Crippen LogP contribution is -1.93. The molecule has 0 spiro atoms. The highest BCUT2D eigenvalue weighted by molar-refractivity contribution is 5.92. The molecule has 0 saturated carbocycles. The molecule has 0 atom stereocenters. The molecule has 3 aromatic carbocycles. The highest BCUT2D eigenvalue weighted by atomic mass is 14.3. The van der Waals surface area contributed by atoms with Crippen LogP contribution in [0.2, 0.25) is 0 Å². The Kier molecular flexibility index (Phi) is 6.98. The number of rotatable bonds is 6. The van der Waals surface area contributed by atoms with Crippen LogP contribution in [0.5, 0.6) is 0 Å². The Morgan fingerprint density at radius 1 is 0.793 bits per heavy atom. The zero-order chi connectivity index (χ0) is 20.5. The normalized spacial score (nSPS) is 12.9. The molecule has 0 unspecified atom stereocenters. The minimum absolute atomic E-state index is 0.666. The maximum absolute atomic E-state index is 10.0. The van der Waals surface area contributed by atoms with Gasteiger partial charge in [0.25, 0.3) is 0 Å². The largest absolute Gasteiger partial charge is 0.192 e. The van der Waals surface area contributed by atoms with Gasteiger partial charge in [-0.1, -0.05) is 104 Å². The molecule has 0 fully saturated rings. The minimum atomic E-state index is 0.666. The van der Waals surface area contributed by atoms with Crippen LogP contribution in [-0.4, -0.2) is 0 Å². The molecule has 3 rings (SSSR count). The van der Waals surface area contributed by atoms with E-state index in [0.717, 1.165) is 28.7 Å². The van der Waals surface area contributed by atoms with Crippen molar-refractivity contribution in [3.8, 4) is 6.07 Å². The van der Waals surface area contributed by atoms with Crippen LogP contribution in [-0.2, 0) is 0 Å². The number of nitrogens with zero attached hydrogens (tertiary/aromatic N) is 1. The van der Waals surface area contributed by atoms with E-state index in [2.05, 4.69) is 62.4 Å². The second-order valence-electron chi connectivity index (χ2n) is 6.89. The highest BCUT2D eigenvalue weighted by Crippen LogP contribution is 2.31. The van der Waals surface area contributed by atoms with E-state index in [1.54, 1.807) is 0 Å². The van der Waals surface area contributed by atoms with Gasteiger partial charge >= 0.3 is 0 Å². The molecule has 0 N–H and O–H groups in total. The molecule has 0 bridgehead atoms. The van der Waals surface area contributed by atoms with Crippen molar-refractivity contribution in [2.45, 2.75) is 20.3 Å². The monoisotopic (exact) mass is 375 g/mol. The molecule has 0 heterocycles. The quantitative estimate of drug-likeness (QED) is 0.322. The Morgan fingerprint density at radius 3 is 1.83 bits per heavy atom. The summed E-state index contributed by atoms with van der Waals surface area (Å²) in [5.41, 5.74) is 7.27. The summed E-state index contributed by atoms with van der Waals surface area (Å²) in [5.74, 6) is 0. The zero-order valence-corrected chi connectivity index (χ0v) is 17.0. The Balaban J connectivity index is 2.18. The van der Waals surface area contributed by atoms with Crippen LogP contribution in [0.3, 0.4) is 0 Å². The fourth-order valence-electron chi connectivity index (χ4n) is 3.45. The first-order valence-electron chi connectivity index (χ1n) is 9.92. The Bertz CT molecular complexity index is 1060. The van der Waals surface area contributed by atoms with E-state index >= 15 is 0 Å². The fraction of sp³-hybridized carbons (Fsp3) is 0.107. The molecule has 0 aromatic heterocycles. The Morgan fingerprint density at radius 2 is 1.31 bits per heavy atom. The van der Waals surface area contributed by atoms with Gasteiger partial charge in [-0.3, -0.25) is 0 Å². The third kappa shape index (κ3) is 5.21. The van der Waals surface area contributed by atoms with Crippen molar-refractivity contribution in [1.29, 1.82) is 5.26 Å². The van der Waals surface area contributed by atoms with Crippen LogP contribution in [0.25, 0.3) is 17.2 Å². The summed E-state index contributed by atoms with van der Waals surface area (Å²) in [6.45, 7) is 4.26. The van der Waals surface area contributed by atoms with Gasteiger partial charge in [-0.2, -0.15) is 5.26 Å². The summed E-state index contributed by atoms with van der Waals surface area (Å²) in [6, 6.07) is 33.0. The van der Waals surface area contributed by atoms with Gasteiger partial charge in [0.15, 0.2) is 0 Å². The van der Waals surface area contributed by atoms with E-state index in [1.807, 2.05) is 60.7 Å². The smallest absolute Gasteiger partial charge is 0.0998 e. The minimum Gasteiger partial charge on any atom is -0.192 e. The number of hydrogen-bond donors (Lipinski definition) is 0. The van der Waals surface area contributed by atoms with Crippen LogP contribution < -0.4 is 0 Å². The molecule has 0 aliphatic rings. The fourth-order valence-corrected chi connectivity index (χ4v) is 3.45. The number of hydrogen-bond acceptors (Lipinski definition) is 1. The molecule has 1 heteroatoms. The molecule has 0 saturated heterocycles. The third-order valence-electron chi connectivity index (χ3n) is 4.87. The summed E-state index contributed by atoms with van der Waals surface area (Å²) in [7, 11) is 0. The van der Waals surface area contributed by atoms with Gasteiger partial charge in [0, 0.05) is 5.57 Å². The first-order chi connectivity index (χ1) is 14.2. The predicted octanol–water partition coefficient (Wildman–Crippen LogP) is 7.56. The summed E-state index contributed by atoms with van der Waals surface area (Å²) in [5, 5.41) is 10.0. The molecule has 3 aromatic rings. The first kappa shape index (κ1) is 20.1. The summed E-state index contributed by atoms with van der Waals surface area (Å²) in [6.07, 6.45) is 5.11. The SMILES string of the molecule is CCC(=CC(C)=C(C(C#N)=Cc1ccccc1)c1ccccc1)c1ccccc1. The summed E-state index contributed by atoms with van der Waals surface area (Å²) in [4.78, 5) is 0. The number of nitriles is 1. The van der Waals surface area contributed by atoms with E-state index in [4.69, 9.17) is 0 Å². The average Bonchev–Trinajstić information content (AvgIpc) is 2.79. The summed E-state index contributed by atoms with van der Waals surface area (Å²) < 4.78 is 0. The number of allylic oxidation sites excluding steroid dienone is 5. The van der Waals surface area contributed by atoms with Crippen LogP contribution in [0.15, 0.2) is 108 Å². The molecule has 0 aliphatic heterocycles. The zero-order valence-electron chi connectivity index (χ0n) is 17.0. The van der Waals surface area contributed by atoms with Crippen molar-refractivity contribution >= 4 is 17.2 Å². The average molecular weight is 376 g/mol. The van der Waals surface area contributed by atoms with Crippen molar-refractivity contribution in [3.05, 3.63) is 125 Å². The van der Waals surface area contributed by atoms with Gasteiger partial charge < -0.3 is 0 Å².